The zero-order valence-electron chi connectivity index (χ0n) is 16.2. The Morgan fingerprint density at radius 2 is 1.32 bits per heavy atom. The maximum Gasteiger partial charge on any atom is 0.341 e. The van der Waals surface area contributed by atoms with E-state index in [0.717, 1.165) is 6.42 Å². The fraction of sp³-hybridized carbons (Fsp3) is 0.682. The fourth-order valence-electron chi connectivity index (χ4n) is 3.00. The molecule has 0 unspecified atom stereocenters. The number of esters is 1. The number of ether oxygens (including phenoxy) is 2. The lowest BCUT2D eigenvalue weighted by molar-refractivity contribution is 0.0596. The number of hydrogen-bond acceptors (Lipinski definition) is 3. The highest BCUT2D eigenvalue weighted by Gasteiger charge is 2.11. The third kappa shape index (κ3) is 10.2. The Hall–Kier alpha value is -1.51. The van der Waals surface area contributed by atoms with Gasteiger partial charge in [-0.15, -0.1) is 0 Å². The molecule has 0 N–H and O–H groups in total. The molecule has 1 aromatic rings. The zero-order chi connectivity index (χ0) is 18.2. The van der Waals surface area contributed by atoms with Crippen LogP contribution in [0.3, 0.4) is 0 Å². The van der Waals surface area contributed by atoms with Crippen molar-refractivity contribution >= 4 is 5.97 Å². The topological polar surface area (TPSA) is 35.5 Å². The molecule has 0 spiro atoms. The Balaban J connectivity index is 1.98. The second kappa shape index (κ2) is 14.8. The summed E-state index contributed by atoms with van der Waals surface area (Å²) in [6.07, 6.45) is 15.9. The van der Waals surface area contributed by atoms with E-state index in [1.54, 1.807) is 6.07 Å². The molecule has 1 aromatic carbocycles. The van der Waals surface area contributed by atoms with Crippen molar-refractivity contribution in [2.75, 3.05) is 13.7 Å². The minimum atomic E-state index is -0.342. The van der Waals surface area contributed by atoms with Gasteiger partial charge < -0.3 is 9.47 Å². The first-order valence-electron chi connectivity index (χ1n) is 10.1. The van der Waals surface area contributed by atoms with Crippen LogP contribution in [0.4, 0.5) is 0 Å². The number of carbonyl (C=O) groups is 1. The summed E-state index contributed by atoms with van der Waals surface area (Å²) in [4.78, 5) is 11.7. The molecular weight excluding hydrogens is 312 g/mol. The number of para-hydroxylation sites is 1. The number of rotatable bonds is 15. The van der Waals surface area contributed by atoms with Gasteiger partial charge in [0.25, 0.3) is 0 Å². The minimum absolute atomic E-state index is 0.342. The monoisotopic (exact) mass is 348 g/mol. The molecule has 1 rings (SSSR count). The van der Waals surface area contributed by atoms with Crippen molar-refractivity contribution in [3.05, 3.63) is 29.8 Å². The van der Waals surface area contributed by atoms with Crippen LogP contribution in [-0.4, -0.2) is 19.7 Å². The highest BCUT2D eigenvalue weighted by molar-refractivity contribution is 5.92. The highest BCUT2D eigenvalue weighted by atomic mass is 16.5. The first-order chi connectivity index (χ1) is 12.3. The number of benzene rings is 1. The lowest BCUT2D eigenvalue weighted by Gasteiger charge is -2.10. The summed E-state index contributed by atoms with van der Waals surface area (Å²) < 4.78 is 10.5. The van der Waals surface area contributed by atoms with Crippen molar-refractivity contribution < 1.29 is 14.3 Å². The summed E-state index contributed by atoms with van der Waals surface area (Å²) in [6.45, 7) is 2.92. The van der Waals surface area contributed by atoms with Crippen LogP contribution in [0.1, 0.15) is 94.3 Å². The van der Waals surface area contributed by atoms with Gasteiger partial charge in [0.15, 0.2) is 0 Å². The molecule has 0 amide bonds. The molecular formula is C22H36O3. The SMILES string of the molecule is CCCCCCCCCCCCCCOc1ccccc1C(=O)OC. The summed E-state index contributed by atoms with van der Waals surface area (Å²) in [5, 5.41) is 0. The van der Waals surface area contributed by atoms with Crippen LogP contribution in [0.2, 0.25) is 0 Å². The Morgan fingerprint density at radius 1 is 0.800 bits per heavy atom. The molecule has 0 aliphatic heterocycles. The van der Waals surface area contributed by atoms with E-state index in [9.17, 15) is 4.79 Å². The van der Waals surface area contributed by atoms with Crippen LogP contribution < -0.4 is 4.74 Å². The van der Waals surface area contributed by atoms with Gasteiger partial charge in [0, 0.05) is 0 Å². The van der Waals surface area contributed by atoms with E-state index in [-0.39, 0.29) is 5.97 Å². The van der Waals surface area contributed by atoms with Crippen molar-refractivity contribution in [2.45, 2.75) is 84.0 Å². The molecule has 3 nitrogen and oxygen atoms in total. The molecule has 0 radical (unpaired) electrons. The van der Waals surface area contributed by atoms with E-state index in [1.807, 2.05) is 18.2 Å². The molecule has 0 aliphatic carbocycles. The van der Waals surface area contributed by atoms with Gasteiger partial charge in [0.1, 0.15) is 11.3 Å². The van der Waals surface area contributed by atoms with Gasteiger partial charge in [-0.05, 0) is 18.6 Å². The van der Waals surface area contributed by atoms with Gasteiger partial charge in [-0.1, -0.05) is 89.7 Å². The maximum absolute atomic E-state index is 11.7. The maximum atomic E-state index is 11.7. The Labute approximate surface area is 154 Å². The van der Waals surface area contributed by atoms with Gasteiger partial charge in [0.05, 0.1) is 13.7 Å². The summed E-state index contributed by atoms with van der Waals surface area (Å²) >= 11 is 0. The standard InChI is InChI=1S/C22H36O3/c1-3-4-5-6-7-8-9-10-11-12-13-16-19-25-21-18-15-14-17-20(21)22(23)24-2/h14-15,17-18H,3-13,16,19H2,1-2H3. The van der Waals surface area contributed by atoms with Crippen LogP contribution in [0.5, 0.6) is 5.75 Å². The summed E-state index contributed by atoms with van der Waals surface area (Å²) in [5.41, 5.74) is 0.504. The molecule has 0 saturated carbocycles. The summed E-state index contributed by atoms with van der Waals surface area (Å²) in [5.74, 6) is 0.280. The molecule has 0 saturated heterocycles. The minimum Gasteiger partial charge on any atom is -0.493 e. The predicted molar refractivity (Wildman–Crippen MR) is 104 cm³/mol. The van der Waals surface area contributed by atoms with Crippen LogP contribution in [0.25, 0.3) is 0 Å². The molecule has 0 fully saturated rings. The van der Waals surface area contributed by atoms with Crippen LogP contribution in [-0.2, 0) is 4.74 Å². The van der Waals surface area contributed by atoms with E-state index >= 15 is 0 Å². The van der Waals surface area contributed by atoms with E-state index in [1.165, 1.54) is 77.7 Å². The van der Waals surface area contributed by atoms with Gasteiger partial charge in [-0.3, -0.25) is 0 Å². The first-order valence-corrected chi connectivity index (χ1v) is 10.1. The lowest BCUT2D eigenvalue weighted by atomic mass is 10.1. The molecule has 142 valence electrons. The molecule has 3 heteroatoms. The number of methoxy groups -OCH3 is 1. The quantitative estimate of drug-likeness (QED) is 0.266. The second-order valence-electron chi connectivity index (χ2n) is 6.73. The van der Waals surface area contributed by atoms with Crippen molar-refractivity contribution in [3.8, 4) is 5.75 Å². The van der Waals surface area contributed by atoms with Crippen LogP contribution >= 0.6 is 0 Å². The van der Waals surface area contributed by atoms with E-state index < -0.39 is 0 Å². The lowest BCUT2D eigenvalue weighted by Crippen LogP contribution is -2.06. The molecule has 0 atom stereocenters. The largest absolute Gasteiger partial charge is 0.493 e. The third-order valence-electron chi connectivity index (χ3n) is 4.55. The molecule has 0 heterocycles. The average Bonchev–Trinajstić information content (AvgIpc) is 2.65. The van der Waals surface area contributed by atoms with Crippen molar-refractivity contribution in [2.24, 2.45) is 0 Å². The number of carbonyl (C=O) groups excluding carboxylic acids is 1. The zero-order valence-corrected chi connectivity index (χ0v) is 16.2. The van der Waals surface area contributed by atoms with Crippen molar-refractivity contribution in [3.63, 3.8) is 0 Å². The Kier molecular flexibility index (Phi) is 12.7. The fourth-order valence-corrected chi connectivity index (χ4v) is 3.00. The van der Waals surface area contributed by atoms with E-state index in [0.29, 0.717) is 17.9 Å². The Morgan fingerprint density at radius 3 is 1.88 bits per heavy atom. The normalized spacial score (nSPS) is 10.6. The predicted octanol–water partition coefficient (Wildman–Crippen LogP) is 6.55. The molecule has 0 aromatic heterocycles. The third-order valence-corrected chi connectivity index (χ3v) is 4.55. The number of hydrogen-bond donors (Lipinski definition) is 0. The van der Waals surface area contributed by atoms with E-state index in [2.05, 4.69) is 6.92 Å². The molecule has 0 bridgehead atoms. The molecule has 0 aliphatic rings. The average molecular weight is 349 g/mol. The highest BCUT2D eigenvalue weighted by Crippen LogP contribution is 2.19. The van der Waals surface area contributed by atoms with Crippen molar-refractivity contribution in [1.29, 1.82) is 0 Å². The van der Waals surface area contributed by atoms with Gasteiger partial charge in [-0.25, -0.2) is 4.79 Å². The smallest absolute Gasteiger partial charge is 0.341 e. The Bertz CT molecular complexity index is 456. The molecule has 25 heavy (non-hydrogen) atoms. The summed E-state index contributed by atoms with van der Waals surface area (Å²) in [7, 11) is 1.39. The second-order valence-corrected chi connectivity index (χ2v) is 6.73. The van der Waals surface area contributed by atoms with Gasteiger partial charge in [-0.2, -0.15) is 0 Å². The van der Waals surface area contributed by atoms with Gasteiger partial charge in [0.2, 0.25) is 0 Å². The summed E-state index contributed by atoms with van der Waals surface area (Å²) in [6, 6.07) is 7.27. The first kappa shape index (κ1) is 21.5. The van der Waals surface area contributed by atoms with E-state index in [4.69, 9.17) is 9.47 Å². The van der Waals surface area contributed by atoms with Crippen LogP contribution in [0, 0.1) is 0 Å². The van der Waals surface area contributed by atoms with Crippen molar-refractivity contribution in [1.82, 2.24) is 0 Å². The van der Waals surface area contributed by atoms with Crippen LogP contribution in [0.15, 0.2) is 24.3 Å². The van der Waals surface area contributed by atoms with Gasteiger partial charge >= 0.3 is 5.97 Å². The number of unbranched alkanes of at least 4 members (excludes halogenated alkanes) is 11.